The molecule has 6 nitrogen and oxygen atoms in total. The van der Waals surface area contributed by atoms with Crippen LogP contribution in [0.25, 0.3) is 0 Å². The third-order valence-corrected chi connectivity index (χ3v) is 3.54. The molecule has 104 valence electrons. The minimum atomic E-state index is -0.967. The lowest BCUT2D eigenvalue weighted by molar-refractivity contribution is -0.151. The van der Waals surface area contributed by atoms with Crippen LogP contribution in [-0.2, 0) is 16.1 Å². The molecule has 2 rings (SSSR count). The summed E-state index contributed by atoms with van der Waals surface area (Å²) in [5, 5.41) is 8.96. The van der Waals surface area contributed by atoms with E-state index in [2.05, 4.69) is 0 Å². The Balaban J connectivity index is 2.16. The van der Waals surface area contributed by atoms with Crippen molar-refractivity contribution < 1.29 is 19.1 Å². The fourth-order valence-corrected chi connectivity index (χ4v) is 2.36. The van der Waals surface area contributed by atoms with E-state index in [1.165, 1.54) is 0 Å². The topological polar surface area (TPSA) is 74.0 Å². The Hall–Kier alpha value is -1.82. The van der Waals surface area contributed by atoms with Gasteiger partial charge in [-0.2, -0.15) is 0 Å². The second-order valence-electron chi connectivity index (χ2n) is 4.92. The van der Waals surface area contributed by atoms with Gasteiger partial charge < -0.3 is 14.4 Å². The normalized spacial score (nSPS) is 24.7. The molecule has 0 saturated carbocycles. The van der Waals surface area contributed by atoms with Gasteiger partial charge in [0.25, 0.3) is 0 Å². The first-order valence-corrected chi connectivity index (χ1v) is 6.24. The molecule has 1 aromatic heterocycles. The molecule has 19 heavy (non-hydrogen) atoms. The van der Waals surface area contributed by atoms with E-state index in [1.807, 2.05) is 17.9 Å². The van der Waals surface area contributed by atoms with Crippen LogP contribution < -0.4 is 0 Å². The fourth-order valence-electron chi connectivity index (χ4n) is 2.36. The molecule has 1 aromatic rings. The predicted molar refractivity (Wildman–Crippen MR) is 67.4 cm³/mol. The van der Waals surface area contributed by atoms with Gasteiger partial charge >= 0.3 is 5.97 Å². The number of amides is 1. The van der Waals surface area contributed by atoms with Crippen LogP contribution >= 0.6 is 0 Å². The van der Waals surface area contributed by atoms with Gasteiger partial charge in [0, 0.05) is 19.6 Å². The van der Waals surface area contributed by atoms with Gasteiger partial charge in [-0.3, -0.25) is 14.5 Å². The maximum absolute atomic E-state index is 12.2. The highest BCUT2D eigenvalue weighted by molar-refractivity contribution is 5.86. The van der Waals surface area contributed by atoms with Crippen LogP contribution in [0, 0.1) is 0 Å². The zero-order chi connectivity index (χ0) is 14.0. The summed E-state index contributed by atoms with van der Waals surface area (Å²) in [5.74, 6) is -0.376. The molecule has 0 radical (unpaired) electrons. The van der Waals surface area contributed by atoms with E-state index in [9.17, 15) is 9.59 Å². The molecule has 0 aliphatic carbocycles. The summed E-state index contributed by atoms with van der Waals surface area (Å²) in [6, 6.07) is 3.05. The minimum absolute atomic E-state index is 0.0625. The molecule has 2 unspecified atom stereocenters. The van der Waals surface area contributed by atoms with Gasteiger partial charge in [0.1, 0.15) is 11.8 Å². The first-order chi connectivity index (χ1) is 8.99. The Morgan fingerprint density at radius 2 is 2.32 bits per heavy atom. The molecular weight excluding hydrogens is 248 g/mol. The summed E-state index contributed by atoms with van der Waals surface area (Å²) in [4.78, 5) is 26.6. The minimum Gasteiger partial charge on any atom is -0.481 e. The van der Waals surface area contributed by atoms with Crippen molar-refractivity contribution in [1.29, 1.82) is 0 Å². The van der Waals surface area contributed by atoms with Crippen LogP contribution in [0.2, 0.25) is 0 Å². The third kappa shape index (κ3) is 2.96. The Kier molecular flexibility index (Phi) is 3.90. The van der Waals surface area contributed by atoms with Crippen LogP contribution in [0.3, 0.4) is 0 Å². The number of hydrogen-bond donors (Lipinski definition) is 1. The standard InChI is InChI=1S/C13H18N2O4/c1-9-7-15(8-10-4-3-5-19-10)11(6-12(16)17)13(18)14(9)2/h3-5,9,11H,6-8H2,1-2H3,(H,16,17). The smallest absolute Gasteiger partial charge is 0.305 e. The van der Waals surface area contributed by atoms with Gasteiger partial charge in [-0.15, -0.1) is 0 Å². The summed E-state index contributed by atoms with van der Waals surface area (Å²) >= 11 is 0. The SMILES string of the molecule is CC1CN(Cc2ccco2)C(CC(=O)O)C(=O)N1C. The lowest BCUT2D eigenvalue weighted by Gasteiger charge is -2.42. The van der Waals surface area contributed by atoms with E-state index in [1.54, 1.807) is 24.3 Å². The highest BCUT2D eigenvalue weighted by Gasteiger charge is 2.38. The Bertz CT molecular complexity index is 457. The number of piperazine rings is 1. The summed E-state index contributed by atoms with van der Waals surface area (Å²) in [6.07, 6.45) is 1.39. The number of furan rings is 1. The van der Waals surface area contributed by atoms with Crippen molar-refractivity contribution in [3.8, 4) is 0 Å². The monoisotopic (exact) mass is 266 g/mol. The van der Waals surface area contributed by atoms with Crippen molar-refractivity contribution in [2.45, 2.75) is 32.0 Å². The average molecular weight is 266 g/mol. The fraction of sp³-hybridized carbons (Fsp3) is 0.538. The van der Waals surface area contributed by atoms with Gasteiger partial charge in [0.15, 0.2) is 0 Å². The van der Waals surface area contributed by atoms with Crippen LogP contribution in [0.5, 0.6) is 0 Å². The number of likely N-dealkylation sites (N-methyl/N-ethyl adjacent to an activating group) is 1. The third-order valence-electron chi connectivity index (χ3n) is 3.54. The number of carbonyl (C=O) groups excluding carboxylic acids is 1. The molecule has 2 heterocycles. The Labute approximate surface area is 111 Å². The molecule has 0 aromatic carbocycles. The van der Waals surface area contributed by atoms with E-state index in [-0.39, 0.29) is 18.4 Å². The molecule has 1 fully saturated rings. The molecular formula is C13H18N2O4. The highest BCUT2D eigenvalue weighted by Crippen LogP contribution is 2.20. The van der Waals surface area contributed by atoms with E-state index in [0.29, 0.717) is 13.1 Å². The number of carboxylic acid groups (broad SMARTS) is 1. The number of carbonyl (C=O) groups is 2. The number of carboxylic acids is 1. The van der Waals surface area contributed by atoms with E-state index >= 15 is 0 Å². The molecule has 1 N–H and O–H groups in total. The van der Waals surface area contributed by atoms with Crippen molar-refractivity contribution in [3.05, 3.63) is 24.2 Å². The maximum Gasteiger partial charge on any atom is 0.305 e. The summed E-state index contributed by atoms with van der Waals surface area (Å²) in [7, 11) is 1.71. The summed E-state index contributed by atoms with van der Waals surface area (Å²) < 4.78 is 5.27. The number of rotatable bonds is 4. The predicted octanol–water partition coefficient (Wildman–Crippen LogP) is 0.785. The Morgan fingerprint density at radius 1 is 1.58 bits per heavy atom. The molecule has 6 heteroatoms. The second kappa shape index (κ2) is 5.44. The number of nitrogens with zero attached hydrogens (tertiary/aromatic N) is 2. The Morgan fingerprint density at radius 3 is 2.89 bits per heavy atom. The zero-order valence-corrected chi connectivity index (χ0v) is 11.1. The zero-order valence-electron chi connectivity index (χ0n) is 11.1. The number of hydrogen-bond acceptors (Lipinski definition) is 4. The van der Waals surface area contributed by atoms with Crippen molar-refractivity contribution in [3.63, 3.8) is 0 Å². The van der Waals surface area contributed by atoms with Crippen molar-refractivity contribution in [1.82, 2.24) is 9.80 Å². The van der Waals surface area contributed by atoms with Gasteiger partial charge in [-0.1, -0.05) is 0 Å². The van der Waals surface area contributed by atoms with Gasteiger partial charge in [-0.05, 0) is 19.1 Å². The second-order valence-corrected chi connectivity index (χ2v) is 4.92. The quantitative estimate of drug-likeness (QED) is 0.872. The molecule has 1 aliphatic rings. The summed E-state index contributed by atoms with van der Waals surface area (Å²) in [6.45, 7) is 3.04. The average Bonchev–Trinajstić information content (AvgIpc) is 2.84. The molecule has 1 aliphatic heterocycles. The van der Waals surface area contributed by atoms with E-state index < -0.39 is 12.0 Å². The van der Waals surface area contributed by atoms with Crippen molar-refractivity contribution in [2.75, 3.05) is 13.6 Å². The first-order valence-electron chi connectivity index (χ1n) is 6.24. The first kappa shape index (κ1) is 13.6. The largest absolute Gasteiger partial charge is 0.481 e. The lowest BCUT2D eigenvalue weighted by Crippen LogP contribution is -2.59. The lowest BCUT2D eigenvalue weighted by atomic mass is 10.0. The van der Waals surface area contributed by atoms with Crippen LogP contribution in [0.1, 0.15) is 19.1 Å². The van der Waals surface area contributed by atoms with Crippen molar-refractivity contribution in [2.24, 2.45) is 0 Å². The van der Waals surface area contributed by atoms with Crippen LogP contribution in [0.15, 0.2) is 22.8 Å². The molecule has 2 atom stereocenters. The van der Waals surface area contributed by atoms with Gasteiger partial charge in [-0.25, -0.2) is 0 Å². The van der Waals surface area contributed by atoms with Gasteiger partial charge in [0.05, 0.1) is 19.2 Å². The maximum atomic E-state index is 12.2. The highest BCUT2D eigenvalue weighted by atomic mass is 16.4. The van der Waals surface area contributed by atoms with Gasteiger partial charge in [0.2, 0.25) is 5.91 Å². The van der Waals surface area contributed by atoms with Crippen LogP contribution in [0.4, 0.5) is 0 Å². The van der Waals surface area contributed by atoms with Crippen LogP contribution in [-0.4, -0.2) is 52.5 Å². The van der Waals surface area contributed by atoms with Crippen molar-refractivity contribution >= 4 is 11.9 Å². The molecule has 1 amide bonds. The van der Waals surface area contributed by atoms with E-state index in [4.69, 9.17) is 9.52 Å². The summed E-state index contributed by atoms with van der Waals surface area (Å²) in [5.41, 5.74) is 0. The molecule has 0 bridgehead atoms. The molecule has 1 saturated heterocycles. The number of aliphatic carboxylic acids is 1. The molecule has 0 spiro atoms. The van der Waals surface area contributed by atoms with E-state index in [0.717, 1.165) is 5.76 Å².